The van der Waals surface area contributed by atoms with Crippen LogP contribution in [0.1, 0.15) is 31.4 Å². The second-order valence-electron chi connectivity index (χ2n) is 4.69. The van der Waals surface area contributed by atoms with Gasteiger partial charge in [-0.3, -0.25) is 4.79 Å². The first-order valence-electron chi connectivity index (χ1n) is 6.27. The summed E-state index contributed by atoms with van der Waals surface area (Å²) in [7, 11) is 1.75. The summed E-state index contributed by atoms with van der Waals surface area (Å²) in [5.74, 6) is 0.209. The number of carbonyl (C=O) groups is 1. The van der Waals surface area contributed by atoms with Gasteiger partial charge >= 0.3 is 0 Å². The van der Waals surface area contributed by atoms with Crippen molar-refractivity contribution in [3.05, 3.63) is 29.8 Å². The van der Waals surface area contributed by atoms with Crippen molar-refractivity contribution >= 4 is 5.91 Å². The maximum Gasteiger partial charge on any atom is 0.251 e. The lowest BCUT2D eigenvalue weighted by Gasteiger charge is -2.27. The number of rotatable bonds is 3. The van der Waals surface area contributed by atoms with E-state index >= 15 is 0 Å². The normalized spacial score (nSPS) is 20.7. The molecule has 1 aliphatic rings. The SMILES string of the molecule is CC(c1ccccc1O)N(C)C(=O)C1CCCO1. The third kappa shape index (κ3) is 2.48. The molecule has 18 heavy (non-hydrogen) atoms. The molecule has 1 amide bonds. The fourth-order valence-electron chi connectivity index (χ4n) is 2.24. The predicted octanol–water partition coefficient (Wildman–Crippen LogP) is 2.09. The van der Waals surface area contributed by atoms with Crippen molar-refractivity contribution < 1.29 is 14.6 Å². The molecule has 0 aromatic heterocycles. The number of amides is 1. The van der Waals surface area contributed by atoms with Crippen molar-refractivity contribution in [3.63, 3.8) is 0 Å². The lowest BCUT2D eigenvalue weighted by molar-refractivity contribution is -0.141. The smallest absolute Gasteiger partial charge is 0.251 e. The maximum absolute atomic E-state index is 12.2. The minimum atomic E-state index is -0.316. The number of phenolic OH excluding ortho intramolecular Hbond substituents is 1. The minimum Gasteiger partial charge on any atom is -0.508 e. The molecule has 0 saturated carbocycles. The summed E-state index contributed by atoms with van der Waals surface area (Å²) in [6.07, 6.45) is 1.41. The van der Waals surface area contributed by atoms with Gasteiger partial charge in [-0.1, -0.05) is 18.2 Å². The molecule has 2 rings (SSSR count). The van der Waals surface area contributed by atoms with Crippen LogP contribution in [0, 0.1) is 0 Å². The third-order valence-corrected chi connectivity index (χ3v) is 3.52. The number of ether oxygens (including phenoxy) is 1. The van der Waals surface area contributed by atoms with E-state index in [-0.39, 0.29) is 23.8 Å². The molecule has 1 aromatic carbocycles. The Morgan fingerprint density at radius 2 is 2.22 bits per heavy atom. The van der Waals surface area contributed by atoms with Crippen LogP contribution in [-0.2, 0) is 9.53 Å². The van der Waals surface area contributed by atoms with Gasteiger partial charge in [0, 0.05) is 19.2 Å². The van der Waals surface area contributed by atoms with E-state index in [0.29, 0.717) is 6.61 Å². The summed E-state index contributed by atoms with van der Waals surface area (Å²) in [6.45, 7) is 2.57. The highest BCUT2D eigenvalue weighted by Crippen LogP contribution is 2.28. The van der Waals surface area contributed by atoms with Crippen molar-refractivity contribution in [3.8, 4) is 5.75 Å². The highest BCUT2D eigenvalue weighted by atomic mass is 16.5. The minimum absolute atomic E-state index is 0.0109. The maximum atomic E-state index is 12.2. The van der Waals surface area contributed by atoms with Gasteiger partial charge in [-0.15, -0.1) is 0 Å². The highest BCUT2D eigenvalue weighted by Gasteiger charge is 2.29. The zero-order chi connectivity index (χ0) is 13.1. The van der Waals surface area contributed by atoms with Crippen LogP contribution in [-0.4, -0.2) is 35.7 Å². The molecule has 1 aliphatic heterocycles. The fraction of sp³-hybridized carbons (Fsp3) is 0.500. The Kier molecular flexibility index (Phi) is 3.87. The van der Waals surface area contributed by atoms with E-state index in [1.807, 2.05) is 19.1 Å². The molecule has 0 spiro atoms. The molecule has 4 nitrogen and oxygen atoms in total. The molecule has 1 fully saturated rings. The first-order chi connectivity index (χ1) is 8.61. The van der Waals surface area contributed by atoms with E-state index in [9.17, 15) is 9.90 Å². The van der Waals surface area contributed by atoms with Crippen LogP contribution in [0.25, 0.3) is 0 Å². The summed E-state index contributed by atoms with van der Waals surface area (Å²) in [5.41, 5.74) is 0.756. The van der Waals surface area contributed by atoms with Crippen LogP contribution in [0.2, 0.25) is 0 Å². The Balaban J connectivity index is 2.10. The fourth-order valence-corrected chi connectivity index (χ4v) is 2.24. The van der Waals surface area contributed by atoms with Crippen LogP contribution < -0.4 is 0 Å². The van der Waals surface area contributed by atoms with Gasteiger partial charge in [0.15, 0.2) is 0 Å². The van der Waals surface area contributed by atoms with Gasteiger partial charge in [0.2, 0.25) is 0 Å². The number of nitrogens with zero attached hydrogens (tertiary/aromatic N) is 1. The Labute approximate surface area is 107 Å². The number of benzene rings is 1. The molecule has 1 N–H and O–H groups in total. The average molecular weight is 249 g/mol. The second-order valence-corrected chi connectivity index (χ2v) is 4.69. The van der Waals surface area contributed by atoms with E-state index in [1.54, 1.807) is 24.1 Å². The Hall–Kier alpha value is -1.55. The Morgan fingerprint density at radius 1 is 1.50 bits per heavy atom. The van der Waals surface area contributed by atoms with Crippen LogP contribution in [0.4, 0.5) is 0 Å². The molecule has 0 bridgehead atoms. The number of carbonyl (C=O) groups excluding carboxylic acids is 1. The molecule has 1 saturated heterocycles. The number of aromatic hydroxyl groups is 1. The van der Waals surface area contributed by atoms with Gasteiger partial charge < -0.3 is 14.7 Å². The molecular weight excluding hydrogens is 230 g/mol. The van der Waals surface area contributed by atoms with Gasteiger partial charge in [-0.25, -0.2) is 0 Å². The van der Waals surface area contributed by atoms with Crippen LogP contribution >= 0.6 is 0 Å². The van der Waals surface area contributed by atoms with Gasteiger partial charge in [-0.05, 0) is 25.8 Å². The van der Waals surface area contributed by atoms with E-state index in [1.165, 1.54) is 0 Å². The quantitative estimate of drug-likeness (QED) is 0.892. The number of phenols is 1. The van der Waals surface area contributed by atoms with Crippen LogP contribution in [0.3, 0.4) is 0 Å². The van der Waals surface area contributed by atoms with Crippen molar-refractivity contribution in [2.24, 2.45) is 0 Å². The largest absolute Gasteiger partial charge is 0.508 e. The molecule has 1 heterocycles. The molecule has 0 aliphatic carbocycles. The van der Waals surface area contributed by atoms with Crippen molar-refractivity contribution in [2.45, 2.75) is 31.9 Å². The summed E-state index contributed by atoms with van der Waals surface area (Å²) < 4.78 is 5.40. The van der Waals surface area contributed by atoms with E-state index in [0.717, 1.165) is 18.4 Å². The Bertz CT molecular complexity index is 427. The van der Waals surface area contributed by atoms with E-state index in [2.05, 4.69) is 0 Å². The number of hydrogen-bond acceptors (Lipinski definition) is 3. The molecule has 2 unspecified atom stereocenters. The van der Waals surface area contributed by atoms with Crippen molar-refractivity contribution in [1.29, 1.82) is 0 Å². The van der Waals surface area contributed by atoms with Crippen molar-refractivity contribution in [2.75, 3.05) is 13.7 Å². The first kappa shape index (κ1) is 12.9. The van der Waals surface area contributed by atoms with Gasteiger partial charge in [0.1, 0.15) is 11.9 Å². The monoisotopic (exact) mass is 249 g/mol. The van der Waals surface area contributed by atoms with Crippen LogP contribution in [0.15, 0.2) is 24.3 Å². The van der Waals surface area contributed by atoms with Gasteiger partial charge in [0.25, 0.3) is 5.91 Å². The lowest BCUT2D eigenvalue weighted by Crippen LogP contribution is -2.37. The predicted molar refractivity (Wildman–Crippen MR) is 68.3 cm³/mol. The zero-order valence-corrected chi connectivity index (χ0v) is 10.8. The highest BCUT2D eigenvalue weighted by molar-refractivity contribution is 5.81. The number of hydrogen-bond donors (Lipinski definition) is 1. The number of likely N-dealkylation sites (N-methyl/N-ethyl adjacent to an activating group) is 1. The molecule has 98 valence electrons. The van der Waals surface area contributed by atoms with Gasteiger partial charge in [0.05, 0.1) is 6.04 Å². The standard InChI is InChI=1S/C14H19NO3/c1-10(11-6-3-4-7-12(11)16)15(2)14(17)13-8-5-9-18-13/h3-4,6-7,10,13,16H,5,8-9H2,1-2H3. The summed E-state index contributed by atoms with van der Waals surface area (Å²) >= 11 is 0. The third-order valence-electron chi connectivity index (χ3n) is 3.52. The topological polar surface area (TPSA) is 49.8 Å². The van der Waals surface area contributed by atoms with E-state index in [4.69, 9.17) is 4.74 Å². The molecule has 1 aromatic rings. The molecule has 0 radical (unpaired) electrons. The van der Waals surface area contributed by atoms with Crippen LogP contribution in [0.5, 0.6) is 5.75 Å². The summed E-state index contributed by atoms with van der Waals surface area (Å²) in [6, 6.07) is 6.93. The van der Waals surface area contributed by atoms with E-state index < -0.39 is 0 Å². The summed E-state index contributed by atoms with van der Waals surface area (Å²) in [4.78, 5) is 13.8. The molecule has 4 heteroatoms. The summed E-state index contributed by atoms with van der Waals surface area (Å²) in [5, 5.41) is 9.81. The molecule has 2 atom stereocenters. The number of para-hydroxylation sites is 1. The average Bonchev–Trinajstić information content (AvgIpc) is 2.90. The second kappa shape index (κ2) is 5.40. The van der Waals surface area contributed by atoms with Crippen molar-refractivity contribution in [1.82, 2.24) is 4.90 Å². The lowest BCUT2D eigenvalue weighted by atomic mass is 10.1. The molecular formula is C14H19NO3. The Morgan fingerprint density at radius 3 is 2.83 bits per heavy atom. The van der Waals surface area contributed by atoms with Gasteiger partial charge in [-0.2, -0.15) is 0 Å². The first-order valence-corrected chi connectivity index (χ1v) is 6.27. The zero-order valence-electron chi connectivity index (χ0n) is 10.8.